The van der Waals surface area contributed by atoms with Crippen LogP contribution in [0.25, 0.3) is 0 Å². The van der Waals surface area contributed by atoms with Crippen molar-refractivity contribution < 1.29 is 14.3 Å². The Kier molecular flexibility index (Phi) is 4.12. The van der Waals surface area contributed by atoms with Gasteiger partial charge in [0.15, 0.2) is 0 Å². The molecule has 5 nitrogen and oxygen atoms in total. The maximum atomic E-state index is 13.8. The van der Waals surface area contributed by atoms with Crippen LogP contribution in [0.4, 0.5) is 4.39 Å². The van der Waals surface area contributed by atoms with Crippen LogP contribution in [0, 0.1) is 5.82 Å². The van der Waals surface area contributed by atoms with Crippen molar-refractivity contribution in [2.75, 3.05) is 0 Å². The van der Waals surface area contributed by atoms with Crippen LogP contribution in [0.2, 0.25) is 0 Å². The molecule has 0 saturated heterocycles. The lowest BCUT2D eigenvalue weighted by Crippen LogP contribution is -2.19. The third-order valence-corrected chi connectivity index (χ3v) is 3.10. The first-order chi connectivity index (χ1) is 9.50. The van der Waals surface area contributed by atoms with Crippen LogP contribution in [-0.4, -0.2) is 25.8 Å². The fraction of sp³-hybridized carbons (Fsp3) is 0.357. The molecule has 6 heteroatoms. The molecule has 20 heavy (non-hydrogen) atoms. The Bertz CT molecular complexity index is 610. The molecule has 0 aliphatic rings. The molecule has 0 aliphatic heterocycles. The fourth-order valence-corrected chi connectivity index (χ4v) is 2.12. The number of carbonyl (C=O) groups is 1. The minimum Gasteiger partial charge on any atom is -0.481 e. The fourth-order valence-electron chi connectivity index (χ4n) is 2.12. The van der Waals surface area contributed by atoms with Gasteiger partial charge >= 0.3 is 5.97 Å². The third-order valence-electron chi connectivity index (χ3n) is 3.10. The zero-order chi connectivity index (χ0) is 14.7. The van der Waals surface area contributed by atoms with Crippen molar-refractivity contribution in [3.8, 4) is 0 Å². The van der Waals surface area contributed by atoms with Gasteiger partial charge in [-0.2, -0.15) is 5.10 Å². The summed E-state index contributed by atoms with van der Waals surface area (Å²) in [5.74, 6) is -2.03. The van der Waals surface area contributed by atoms with Crippen molar-refractivity contribution in [3.05, 3.63) is 47.8 Å². The zero-order valence-corrected chi connectivity index (χ0v) is 11.3. The van der Waals surface area contributed by atoms with E-state index in [2.05, 4.69) is 10.1 Å². The molecular formula is C14H16FN3O2. The standard InChI is InChI=1S/C14H16FN3O2/c1-9(2)18-13(16-8-17-18)7-11(14(19)20)10-5-3-4-6-12(10)15/h3-6,8-9,11H,7H2,1-2H3,(H,19,20). The van der Waals surface area contributed by atoms with Crippen LogP contribution >= 0.6 is 0 Å². The average Bonchev–Trinajstić information content (AvgIpc) is 2.85. The van der Waals surface area contributed by atoms with Crippen LogP contribution in [-0.2, 0) is 11.2 Å². The first-order valence-corrected chi connectivity index (χ1v) is 6.36. The van der Waals surface area contributed by atoms with Crippen LogP contribution in [0.3, 0.4) is 0 Å². The monoisotopic (exact) mass is 277 g/mol. The summed E-state index contributed by atoms with van der Waals surface area (Å²) in [6.45, 7) is 3.86. The van der Waals surface area contributed by atoms with E-state index >= 15 is 0 Å². The molecular weight excluding hydrogens is 261 g/mol. The van der Waals surface area contributed by atoms with Crippen molar-refractivity contribution in [2.24, 2.45) is 0 Å². The van der Waals surface area contributed by atoms with E-state index in [1.807, 2.05) is 13.8 Å². The SMILES string of the molecule is CC(C)n1ncnc1CC(C(=O)O)c1ccccc1F. The number of halogens is 1. The molecule has 0 aliphatic carbocycles. The van der Waals surface area contributed by atoms with Crippen LogP contribution < -0.4 is 0 Å². The Labute approximate surface area is 116 Å². The highest BCUT2D eigenvalue weighted by molar-refractivity contribution is 5.76. The van der Waals surface area contributed by atoms with Gasteiger partial charge in [-0.3, -0.25) is 4.79 Å². The quantitative estimate of drug-likeness (QED) is 0.911. The van der Waals surface area contributed by atoms with Gasteiger partial charge in [0.25, 0.3) is 0 Å². The maximum absolute atomic E-state index is 13.8. The molecule has 2 rings (SSSR count). The van der Waals surface area contributed by atoms with Gasteiger partial charge in [-0.05, 0) is 19.9 Å². The van der Waals surface area contributed by atoms with E-state index in [9.17, 15) is 14.3 Å². The number of carboxylic acid groups (broad SMARTS) is 1. The van der Waals surface area contributed by atoms with Gasteiger partial charge in [-0.15, -0.1) is 0 Å². The highest BCUT2D eigenvalue weighted by atomic mass is 19.1. The lowest BCUT2D eigenvalue weighted by Gasteiger charge is -2.15. The second-order valence-electron chi connectivity index (χ2n) is 4.83. The van der Waals surface area contributed by atoms with Gasteiger partial charge in [0.05, 0.1) is 5.92 Å². The highest BCUT2D eigenvalue weighted by Crippen LogP contribution is 2.23. The van der Waals surface area contributed by atoms with Gasteiger partial charge in [0, 0.05) is 18.0 Å². The van der Waals surface area contributed by atoms with Crippen molar-refractivity contribution >= 4 is 5.97 Å². The topological polar surface area (TPSA) is 68.0 Å². The second-order valence-corrected chi connectivity index (χ2v) is 4.83. The minimum absolute atomic E-state index is 0.0718. The predicted molar refractivity (Wildman–Crippen MR) is 70.9 cm³/mol. The summed E-state index contributed by atoms with van der Waals surface area (Å²) in [5.41, 5.74) is 0.165. The lowest BCUT2D eigenvalue weighted by molar-refractivity contribution is -0.138. The Morgan fingerprint density at radius 1 is 1.40 bits per heavy atom. The Hall–Kier alpha value is -2.24. The first kappa shape index (κ1) is 14.2. The lowest BCUT2D eigenvalue weighted by atomic mass is 9.95. The number of nitrogens with zero attached hydrogens (tertiary/aromatic N) is 3. The molecule has 0 bridgehead atoms. The third kappa shape index (κ3) is 2.84. The van der Waals surface area contributed by atoms with E-state index in [-0.39, 0.29) is 18.0 Å². The van der Waals surface area contributed by atoms with Crippen molar-refractivity contribution in [2.45, 2.75) is 32.2 Å². The summed E-state index contributed by atoms with van der Waals surface area (Å²) in [6.07, 6.45) is 1.49. The molecule has 1 aromatic carbocycles. The maximum Gasteiger partial charge on any atom is 0.311 e. The molecule has 1 aromatic heterocycles. The molecule has 0 fully saturated rings. The number of aliphatic carboxylic acids is 1. The van der Waals surface area contributed by atoms with Crippen molar-refractivity contribution in [1.82, 2.24) is 14.8 Å². The summed E-state index contributed by atoms with van der Waals surface area (Å²) in [4.78, 5) is 15.5. The van der Waals surface area contributed by atoms with E-state index in [1.54, 1.807) is 10.7 Å². The molecule has 1 unspecified atom stereocenters. The van der Waals surface area contributed by atoms with Gasteiger partial charge < -0.3 is 5.11 Å². The largest absolute Gasteiger partial charge is 0.481 e. The smallest absolute Gasteiger partial charge is 0.311 e. The summed E-state index contributed by atoms with van der Waals surface area (Å²) in [6, 6.07) is 5.99. The normalized spacial score (nSPS) is 12.6. The van der Waals surface area contributed by atoms with E-state index in [0.717, 1.165) is 0 Å². The summed E-state index contributed by atoms with van der Waals surface area (Å²) < 4.78 is 15.4. The summed E-state index contributed by atoms with van der Waals surface area (Å²) in [7, 11) is 0. The number of hydrogen-bond donors (Lipinski definition) is 1. The number of benzene rings is 1. The highest BCUT2D eigenvalue weighted by Gasteiger charge is 2.25. The van der Waals surface area contributed by atoms with Gasteiger partial charge in [0.1, 0.15) is 18.0 Å². The van der Waals surface area contributed by atoms with Crippen LogP contribution in [0.15, 0.2) is 30.6 Å². The average molecular weight is 277 g/mol. The first-order valence-electron chi connectivity index (χ1n) is 6.36. The number of aromatic nitrogens is 3. The molecule has 0 radical (unpaired) electrons. The molecule has 0 saturated carbocycles. The number of rotatable bonds is 5. The number of carboxylic acids is 1. The van der Waals surface area contributed by atoms with Gasteiger partial charge in [0.2, 0.25) is 0 Å². The van der Waals surface area contributed by atoms with E-state index in [0.29, 0.717) is 5.82 Å². The predicted octanol–water partition coefficient (Wildman–Crippen LogP) is 2.41. The van der Waals surface area contributed by atoms with Crippen LogP contribution in [0.1, 0.15) is 37.2 Å². The number of hydrogen-bond acceptors (Lipinski definition) is 3. The Balaban J connectivity index is 2.34. The minimum atomic E-state index is -1.08. The molecule has 1 heterocycles. The Morgan fingerprint density at radius 2 is 2.10 bits per heavy atom. The van der Waals surface area contributed by atoms with E-state index in [4.69, 9.17) is 0 Å². The van der Waals surface area contributed by atoms with Crippen LogP contribution in [0.5, 0.6) is 0 Å². The van der Waals surface area contributed by atoms with Gasteiger partial charge in [-0.25, -0.2) is 14.1 Å². The summed E-state index contributed by atoms with van der Waals surface area (Å²) >= 11 is 0. The van der Waals surface area contributed by atoms with Gasteiger partial charge in [-0.1, -0.05) is 18.2 Å². The summed E-state index contributed by atoms with van der Waals surface area (Å²) in [5, 5.41) is 13.4. The van der Waals surface area contributed by atoms with E-state index < -0.39 is 17.7 Å². The molecule has 0 amide bonds. The zero-order valence-electron chi connectivity index (χ0n) is 11.3. The second kappa shape index (κ2) is 5.81. The molecule has 2 aromatic rings. The molecule has 1 N–H and O–H groups in total. The Morgan fingerprint density at radius 3 is 2.70 bits per heavy atom. The van der Waals surface area contributed by atoms with Crippen molar-refractivity contribution in [1.29, 1.82) is 0 Å². The molecule has 1 atom stereocenters. The molecule has 106 valence electrons. The van der Waals surface area contributed by atoms with E-state index in [1.165, 1.54) is 24.5 Å². The molecule has 0 spiro atoms. The van der Waals surface area contributed by atoms with Crippen molar-refractivity contribution in [3.63, 3.8) is 0 Å².